The van der Waals surface area contributed by atoms with Gasteiger partial charge in [0.25, 0.3) is 0 Å². The molecule has 9 heteroatoms. The van der Waals surface area contributed by atoms with Crippen molar-refractivity contribution in [1.29, 1.82) is 0 Å². The van der Waals surface area contributed by atoms with Crippen molar-refractivity contribution in [3.8, 4) is 22.9 Å². The number of methoxy groups -OCH3 is 1. The molecule has 0 spiro atoms. The van der Waals surface area contributed by atoms with E-state index in [1.165, 1.54) is 6.33 Å². The summed E-state index contributed by atoms with van der Waals surface area (Å²) in [6.45, 7) is 8.13. The maximum absolute atomic E-state index is 6.06. The van der Waals surface area contributed by atoms with Crippen LogP contribution >= 0.6 is 0 Å². The SMILES string of the molecule is COc1ncnc(OC2CC2)c1-c1cn(COCC[Si](C)(C)C)c2nc(N)ccc12. The quantitative estimate of drug-likeness (QED) is 0.408. The van der Waals surface area contributed by atoms with Gasteiger partial charge < -0.3 is 24.5 Å². The first-order valence-electron chi connectivity index (χ1n) is 10.2. The molecule has 0 aliphatic heterocycles. The van der Waals surface area contributed by atoms with E-state index < -0.39 is 8.07 Å². The highest BCUT2D eigenvalue weighted by Gasteiger charge is 2.28. The number of nitrogens with two attached hydrogens (primary N) is 1. The van der Waals surface area contributed by atoms with Gasteiger partial charge in [0.15, 0.2) is 0 Å². The lowest BCUT2D eigenvalue weighted by atomic mass is 10.1. The zero-order valence-corrected chi connectivity index (χ0v) is 19.0. The maximum Gasteiger partial charge on any atom is 0.228 e. The van der Waals surface area contributed by atoms with E-state index in [1.54, 1.807) is 13.2 Å². The Kier molecular flexibility index (Phi) is 5.66. The first-order chi connectivity index (χ1) is 14.4. The minimum Gasteiger partial charge on any atom is -0.480 e. The standard InChI is InChI=1S/C21H29N5O3Si/c1-27-20-18(21(24-12-23-20)29-14-5-6-14)16-11-26(13-28-9-10-30(2,3)4)19-15(16)7-8-17(22)25-19/h7-8,11-12,14H,5-6,9-10,13H2,1-4H3,(H2,22,25). The lowest BCUT2D eigenvalue weighted by molar-refractivity contribution is 0.0899. The van der Waals surface area contributed by atoms with Gasteiger partial charge in [-0.2, -0.15) is 0 Å². The smallest absolute Gasteiger partial charge is 0.228 e. The summed E-state index contributed by atoms with van der Waals surface area (Å²) < 4.78 is 19.6. The van der Waals surface area contributed by atoms with Gasteiger partial charge >= 0.3 is 0 Å². The minimum atomic E-state index is -1.15. The minimum absolute atomic E-state index is 0.204. The molecule has 8 nitrogen and oxygen atoms in total. The lowest BCUT2D eigenvalue weighted by Crippen LogP contribution is -2.22. The first kappa shape index (κ1) is 20.6. The normalized spacial score (nSPS) is 14.3. The molecule has 160 valence electrons. The molecule has 1 aliphatic carbocycles. The summed E-state index contributed by atoms with van der Waals surface area (Å²) in [6.07, 6.45) is 5.74. The molecule has 3 aromatic heterocycles. The summed E-state index contributed by atoms with van der Waals surface area (Å²) in [5, 5.41) is 0.923. The van der Waals surface area contributed by atoms with Crippen molar-refractivity contribution in [3.05, 3.63) is 24.7 Å². The molecule has 0 bridgehead atoms. The van der Waals surface area contributed by atoms with Gasteiger partial charge in [0.1, 0.15) is 36.2 Å². The zero-order valence-electron chi connectivity index (χ0n) is 18.0. The summed E-state index contributed by atoms with van der Waals surface area (Å²) in [4.78, 5) is 13.2. The second-order valence-corrected chi connectivity index (χ2v) is 14.5. The third-order valence-corrected chi connectivity index (χ3v) is 6.72. The van der Waals surface area contributed by atoms with E-state index in [-0.39, 0.29) is 6.10 Å². The van der Waals surface area contributed by atoms with Gasteiger partial charge in [-0.1, -0.05) is 19.6 Å². The molecule has 0 unspecified atom stereocenters. The van der Waals surface area contributed by atoms with Crippen LogP contribution in [0.25, 0.3) is 22.2 Å². The third kappa shape index (κ3) is 4.57. The second-order valence-electron chi connectivity index (χ2n) is 8.85. The Morgan fingerprint density at radius 2 is 1.93 bits per heavy atom. The average molecular weight is 428 g/mol. The molecule has 0 atom stereocenters. The van der Waals surface area contributed by atoms with E-state index in [4.69, 9.17) is 19.9 Å². The van der Waals surface area contributed by atoms with E-state index in [2.05, 4.69) is 34.6 Å². The summed E-state index contributed by atoms with van der Waals surface area (Å²) in [7, 11) is 0.444. The van der Waals surface area contributed by atoms with Crippen molar-refractivity contribution in [2.45, 2.75) is 51.4 Å². The fraction of sp³-hybridized carbons (Fsp3) is 0.476. The number of nitrogens with zero attached hydrogens (tertiary/aromatic N) is 4. The molecule has 3 aromatic rings. The fourth-order valence-corrected chi connectivity index (χ4v) is 3.95. The molecule has 3 heterocycles. The van der Waals surface area contributed by atoms with Gasteiger partial charge in [0.2, 0.25) is 11.8 Å². The number of nitrogen functional groups attached to an aromatic ring is 1. The number of rotatable bonds is 9. The molecule has 2 N–H and O–H groups in total. The zero-order chi connectivity index (χ0) is 21.3. The first-order valence-corrected chi connectivity index (χ1v) is 14.0. The van der Waals surface area contributed by atoms with Crippen LogP contribution in [0.2, 0.25) is 25.7 Å². The van der Waals surface area contributed by atoms with Crippen molar-refractivity contribution >= 4 is 24.9 Å². The predicted octanol–water partition coefficient (Wildman–Crippen LogP) is 3.94. The number of aromatic nitrogens is 4. The Morgan fingerprint density at radius 1 is 1.17 bits per heavy atom. The van der Waals surface area contributed by atoms with Crippen molar-refractivity contribution in [1.82, 2.24) is 19.5 Å². The van der Waals surface area contributed by atoms with Crippen LogP contribution in [0.5, 0.6) is 11.8 Å². The monoisotopic (exact) mass is 427 g/mol. The van der Waals surface area contributed by atoms with Gasteiger partial charge in [0, 0.05) is 31.8 Å². The largest absolute Gasteiger partial charge is 0.480 e. The van der Waals surface area contributed by atoms with Crippen LogP contribution < -0.4 is 15.2 Å². The Hall–Kier alpha value is -2.65. The number of anilines is 1. The number of hydrogen-bond donors (Lipinski definition) is 1. The fourth-order valence-electron chi connectivity index (χ4n) is 3.19. The number of pyridine rings is 1. The molecule has 0 saturated heterocycles. The van der Waals surface area contributed by atoms with Crippen LogP contribution in [0.1, 0.15) is 12.8 Å². The van der Waals surface area contributed by atoms with Crippen molar-refractivity contribution < 1.29 is 14.2 Å². The molecule has 1 fully saturated rings. The molecular weight excluding hydrogens is 398 g/mol. The van der Waals surface area contributed by atoms with E-state index in [0.29, 0.717) is 24.3 Å². The van der Waals surface area contributed by atoms with Crippen LogP contribution in [-0.4, -0.2) is 47.4 Å². The van der Waals surface area contributed by atoms with Gasteiger partial charge in [-0.15, -0.1) is 0 Å². The van der Waals surface area contributed by atoms with E-state index in [1.807, 2.05) is 16.8 Å². The van der Waals surface area contributed by atoms with Gasteiger partial charge in [-0.05, 0) is 31.0 Å². The number of ether oxygens (including phenoxy) is 3. The van der Waals surface area contributed by atoms with E-state index in [0.717, 1.165) is 47.7 Å². The van der Waals surface area contributed by atoms with Crippen molar-refractivity contribution in [2.75, 3.05) is 19.5 Å². The Morgan fingerprint density at radius 3 is 2.63 bits per heavy atom. The lowest BCUT2D eigenvalue weighted by Gasteiger charge is -2.15. The van der Waals surface area contributed by atoms with Gasteiger partial charge in [-0.3, -0.25) is 0 Å². The highest BCUT2D eigenvalue weighted by Crippen LogP contribution is 2.41. The van der Waals surface area contributed by atoms with Crippen LogP contribution in [0, 0.1) is 0 Å². The average Bonchev–Trinajstić information content (AvgIpc) is 3.44. The Balaban J connectivity index is 1.73. The van der Waals surface area contributed by atoms with Crippen molar-refractivity contribution in [3.63, 3.8) is 0 Å². The van der Waals surface area contributed by atoms with Crippen molar-refractivity contribution in [2.24, 2.45) is 0 Å². The summed E-state index contributed by atoms with van der Waals surface area (Å²) in [5.41, 5.74) is 8.34. The summed E-state index contributed by atoms with van der Waals surface area (Å²) >= 11 is 0. The molecule has 0 radical (unpaired) electrons. The van der Waals surface area contributed by atoms with Gasteiger partial charge in [-0.25, -0.2) is 15.0 Å². The van der Waals surface area contributed by atoms with Crippen LogP contribution in [0.4, 0.5) is 5.82 Å². The molecule has 1 aliphatic rings. The number of fused-ring (bicyclic) bond motifs is 1. The molecule has 0 aromatic carbocycles. The van der Waals surface area contributed by atoms with Crippen LogP contribution in [0.15, 0.2) is 24.7 Å². The molecular formula is C21H29N5O3Si. The topological polar surface area (TPSA) is 97.3 Å². The van der Waals surface area contributed by atoms with Crippen LogP contribution in [-0.2, 0) is 11.5 Å². The second kappa shape index (κ2) is 8.23. The molecule has 30 heavy (non-hydrogen) atoms. The van der Waals surface area contributed by atoms with E-state index in [9.17, 15) is 0 Å². The van der Waals surface area contributed by atoms with Crippen LogP contribution in [0.3, 0.4) is 0 Å². The highest BCUT2D eigenvalue weighted by atomic mass is 28.3. The Bertz CT molecular complexity index is 1040. The molecule has 4 rings (SSSR count). The predicted molar refractivity (Wildman–Crippen MR) is 119 cm³/mol. The summed E-state index contributed by atoms with van der Waals surface area (Å²) in [5.74, 6) is 1.46. The van der Waals surface area contributed by atoms with E-state index >= 15 is 0 Å². The summed E-state index contributed by atoms with van der Waals surface area (Å²) in [6, 6.07) is 4.85. The molecule has 1 saturated carbocycles. The third-order valence-electron chi connectivity index (χ3n) is 5.01. The number of hydrogen-bond acceptors (Lipinski definition) is 7. The highest BCUT2D eigenvalue weighted by molar-refractivity contribution is 6.76. The van der Waals surface area contributed by atoms with Gasteiger partial charge in [0.05, 0.1) is 7.11 Å². The molecule has 0 amide bonds. The maximum atomic E-state index is 6.06. The Labute approximate surface area is 177 Å².